The summed E-state index contributed by atoms with van der Waals surface area (Å²) in [6.07, 6.45) is 13.4. The number of ether oxygens (including phenoxy) is 1. The summed E-state index contributed by atoms with van der Waals surface area (Å²) >= 11 is 0. The topological polar surface area (TPSA) is 129 Å². The molecule has 10 nitrogen and oxygen atoms in total. The molecule has 2 amide bonds. The number of pyridine rings is 1. The van der Waals surface area contributed by atoms with Crippen LogP contribution in [0.25, 0.3) is 22.2 Å². The molecule has 0 unspecified atom stereocenters. The number of carbonyl (C=O) groups is 2. The van der Waals surface area contributed by atoms with Crippen LogP contribution < -0.4 is 15.4 Å². The first-order valence-electron chi connectivity index (χ1n) is 14.4. The van der Waals surface area contributed by atoms with Gasteiger partial charge in [-0.25, -0.2) is 9.67 Å². The number of carbonyl (C=O) groups excluding carboxylic acids is 2. The summed E-state index contributed by atoms with van der Waals surface area (Å²) in [5.74, 6) is 0.697. The first-order chi connectivity index (χ1) is 19.9. The van der Waals surface area contributed by atoms with Crippen LogP contribution in [-0.4, -0.2) is 43.2 Å². The van der Waals surface area contributed by atoms with Gasteiger partial charge in [-0.2, -0.15) is 5.10 Å². The third-order valence-electron chi connectivity index (χ3n) is 7.99. The fourth-order valence-corrected chi connectivity index (χ4v) is 6.09. The Morgan fingerprint density at radius 1 is 1.15 bits per heavy atom. The van der Waals surface area contributed by atoms with Gasteiger partial charge in [-0.05, 0) is 48.8 Å². The lowest BCUT2D eigenvalue weighted by Gasteiger charge is -2.29. The van der Waals surface area contributed by atoms with Gasteiger partial charge >= 0.3 is 0 Å². The molecule has 2 aliphatic rings. The summed E-state index contributed by atoms with van der Waals surface area (Å²) in [5, 5.41) is 5.54. The number of anilines is 1. The highest BCUT2D eigenvalue weighted by atomic mass is 16.5. The van der Waals surface area contributed by atoms with Crippen LogP contribution in [0, 0.1) is 11.8 Å². The van der Waals surface area contributed by atoms with E-state index in [1.165, 1.54) is 32.1 Å². The maximum atomic E-state index is 13.0. The summed E-state index contributed by atoms with van der Waals surface area (Å²) in [7, 11) is 0. The number of hydrogen-bond acceptors (Lipinski definition) is 7. The summed E-state index contributed by atoms with van der Waals surface area (Å²) in [6, 6.07) is 5.64. The number of benzene rings is 1. The Morgan fingerprint density at radius 2 is 1.98 bits per heavy atom. The van der Waals surface area contributed by atoms with Crippen LogP contribution in [0.2, 0.25) is 0 Å². The molecule has 2 N–H and O–H groups in total. The second kappa shape index (κ2) is 11.3. The van der Waals surface area contributed by atoms with Crippen molar-refractivity contribution in [1.29, 1.82) is 0 Å². The van der Waals surface area contributed by atoms with Crippen LogP contribution in [0.1, 0.15) is 67.7 Å². The maximum absolute atomic E-state index is 13.0. The molecule has 1 fully saturated rings. The molecule has 0 saturated heterocycles. The highest BCUT2D eigenvalue weighted by molar-refractivity contribution is 6.09. The van der Waals surface area contributed by atoms with Crippen molar-refractivity contribution in [2.75, 3.05) is 11.5 Å². The molecule has 1 aliphatic heterocycles. The summed E-state index contributed by atoms with van der Waals surface area (Å²) in [5.41, 5.74) is 10.7. The molecule has 4 heterocycles. The number of hydrogen-bond donors (Lipinski definition) is 1. The molecule has 6 rings (SSSR count). The fraction of sp³-hybridized carbons (Fsp3) is 0.419. The van der Waals surface area contributed by atoms with E-state index in [0.29, 0.717) is 46.3 Å². The van der Waals surface area contributed by atoms with Gasteiger partial charge in [0.05, 0.1) is 41.6 Å². The SMILES string of the molecule is CC(C)Cc1nc2c(cnn2CC2CCCCC2)c(-c2ccc3c(c2)OCC(=O)N3Cc2cnccn2)c1C(N)=O. The molecule has 212 valence electrons. The summed E-state index contributed by atoms with van der Waals surface area (Å²) in [4.78, 5) is 40.9. The molecular formula is C31H35N7O3. The Balaban J connectivity index is 1.47. The Bertz CT molecular complexity index is 1590. The quantitative estimate of drug-likeness (QED) is 0.335. The van der Waals surface area contributed by atoms with Gasteiger partial charge in [0, 0.05) is 29.9 Å². The monoisotopic (exact) mass is 553 g/mol. The van der Waals surface area contributed by atoms with Crippen molar-refractivity contribution in [3.63, 3.8) is 0 Å². The lowest BCUT2D eigenvalue weighted by Crippen LogP contribution is -2.38. The van der Waals surface area contributed by atoms with Gasteiger partial charge in [-0.1, -0.05) is 39.2 Å². The van der Waals surface area contributed by atoms with Crippen molar-refractivity contribution >= 4 is 28.5 Å². The molecule has 41 heavy (non-hydrogen) atoms. The molecule has 1 saturated carbocycles. The van der Waals surface area contributed by atoms with Gasteiger partial charge in [-0.3, -0.25) is 24.5 Å². The van der Waals surface area contributed by atoms with Crippen molar-refractivity contribution in [3.8, 4) is 16.9 Å². The first kappa shape index (κ1) is 26.9. The van der Waals surface area contributed by atoms with Crippen LogP contribution in [0.4, 0.5) is 5.69 Å². The van der Waals surface area contributed by atoms with Crippen molar-refractivity contribution in [2.45, 2.75) is 65.5 Å². The number of nitrogens with zero attached hydrogens (tertiary/aromatic N) is 6. The number of primary amides is 1. The second-order valence-corrected chi connectivity index (χ2v) is 11.5. The number of aromatic nitrogens is 5. The third-order valence-corrected chi connectivity index (χ3v) is 7.99. The number of nitrogens with two attached hydrogens (primary N) is 1. The predicted molar refractivity (Wildman–Crippen MR) is 155 cm³/mol. The zero-order valence-corrected chi connectivity index (χ0v) is 23.5. The van der Waals surface area contributed by atoms with Gasteiger partial charge in [0.1, 0.15) is 5.75 Å². The highest BCUT2D eigenvalue weighted by Gasteiger charge is 2.29. The van der Waals surface area contributed by atoms with Crippen LogP contribution in [-0.2, 0) is 24.3 Å². The number of amides is 2. The minimum atomic E-state index is -0.525. The van der Waals surface area contributed by atoms with Crippen LogP contribution >= 0.6 is 0 Å². The maximum Gasteiger partial charge on any atom is 0.265 e. The molecule has 0 bridgehead atoms. The smallest absolute Gasteiger partial charge is 0.265 e. The Hall–Kier alpha value is -4.34. The van der Waals surface area contributed by atoms with Crippen LogP contribution in [0.3, 0.4) is 0 Å². The Labute approximate surface area is 238 Å². The fourth-order valence-electron chi connectivity index (χ4n) is 6.09. The van der Waals surface area contributed by atoms with E-state index >= 15 is 0 Å². The lowest BCUT2D eigenvalue weighted by atomic mass is 9.89. The van der Waals surface area contributed by atoms with E-state index in [-0.39, 0.29) is 25.0 Å². The molecule has 10 heteroatoms. The van der Waals surface area contributed by atoms with Gasteiger partial charge in [0.2, 0.25) is 0 Å². The van der Waals surface area contributed by atoms with Crippen LogP contribution in [0.5, 0.6) is 5.75 Å². The average molecular weight is 554 g/mol. The standard InChI is InChI=1S/C31H35N7O3/c1-19(2)12-24-29(30(32)40)28(23-15-35-38(31(23)36-24)16-20-6-4-3-5-7-20)21-8-9-25-26(13-21)41-18-27(39)37(25)17-22-14-33-10-11-34-22/h8-11,13-15,19-20H,3-7,12,16-18H2,1-2H3,(H2,32,40). The van der Waals surface area contributed by atoms with E-state index in [4.69, 9.17) is 20.6 Å². The molecular weight excluding hydrogens is 518 g/mol. The van der Waals surface area contributed by atoms with E-state index in [1.54, 1.807) is 29.7 Å². The molecule has 0 spiro atoms. The Kier molecular flexibility index (Phi) is 7.38. The first-order valence-corrected chi connectivity index (χ1v) is 14.4. The zero-order chi connectivity index (χ0) is 28.5. The summed E-state index contributed by atoms with van der Waals surface area (Å²) < 4.78 is 7.90. The van der Waals surface area contributed by atoms with Crippen molar-refractivity contribution < 1.29 is 14.3 Å². The van der Waals surface area contributed by atoms with Gasteiger partial charge in [-0.15, -0.1) is 0 Å². The van der Waals surface area contributed by atoms with Gasteiger partial charge < -0.3 is 10.5 Å². The Morgan fingerprint density at radius 3 is 2.71 bits per heavy atom. The normalized spacial score (nSPS) is 15.8. The van der Waals surface area contributed by atoms with E-state index in [2.05, 4.69) is 23.8 Å². The second-order valence-electron chi connectivity index (χ2n) is 11.5. The molecule has 4 aromatic rings. The third kappa shape index (κ3) is 5.38. The average Bonchev–Trinajstić information content (AvgIpc) is 3.36. The van der Waals surface area contributed by atoms with E-state index in [9.17, 15) is 9.59 Å². The minimum Gasteiger partial charge on any atom is -0.482 e. The van der Waals surface area contributed by atoms with E-state index in [0.717, 1.165) is 23.1 Å². The molecule has 1 aromatic carbocycles. The molecule has 1 aliphatic carbocycles. The summed E-state index contributed by atoms with van der Waals surface area (Å²) in [6.45, 7) is 5.19. The van der Waals surface area contributed by atoms with Crippen molar-refractivity contribution in [1.82, 2.24) is 24.7 Å². The number of rotatable bonds is 8. The molecule has 3 aromatic heterocycles. The minimum absolute atomic E-state index is 0.0942. The number of fused-ring (bicyclic) bond motifs is 2. The van der Waals surface area contributed by atoms with E-state index in [1.807, 2.05) is 22.9 Å². The lowest BCUT2D eigenvalue weighted by molar-refractivity contribution is -0.121. The van der Waals surface area contributed by atoms with Gasteiger partial charge in [0.25, 0.3) is 11.8 Å². The van der Waals surface area contributed by atoms with Gasteiger partial charge in [0.15, 0.2) is 12.3 Å². The predicted octanol–water partition coefficient (Wildman–Crippen LogP) is 4.69. The largest absolute Gasteiger partial charge is 0.482 e. The van der Waals surface area contributed by atoms with E-state index < -0.39 is 5.91 Å². The molecule has 0 radical (unpaired) electrons. The van der Waals surface area contributed by atoms with Crippen molar-refractivity contribution in [3.05, 3.63) is 59.9 Å². The highest BCUT2D eigenvalue weighted by Crippen LogP contribution is 2.41. The van der Waals surface area contributed by atoms with Crippen molar-refractivity contribution in [2.24, 2.45) is 17.6 Å². The molecule has 0 atom stereocenters. The zero-order valence-electron chi connectivity index (χ0n) is 23.5. The van der Waals surface area contributed by atoms with Crippen LogP contribution in [0.15, 0.2) is 43.0 Å².